The summed E-state index contributed by atoms with van der Waals surface area (Å²) in [6.07, 6.45) is 3.84. The van der Waals surface area contributed by atoms with Crippen molar-refractivity contribution in [2.75, 3.05) is 19.0 Å². The van der Waals surface area contributed by atoms with Gasteiger partial charge in [0.05, 0.1) is 23.9 Å². The fourth-order valence-electron chi connectivity index (χ4n) is 3.36. The van der Waals surface area contributed by atoms with Gasteiger partial charge < -0.3 is 15.0 Å². The molecule has 0 aliphatic carbocycles. The molecule has 1 aliphatic heterocycles. The number of nitrogens with one attached hydrogen (secondary N) is 1. The normalized spacial score (nSPS) is 12.8. The third kappa shape index (κ3) is 3.94. The number of methoxy groups -OCH3 is 1. The number of rotatable bonds is 4. The molecule has 29 heavy (non-hydrogen) atoms. The summed E-state index contributed by atoms with van der Waals surface area (Å²) in [5.74, 6) is -0.256. The lowest BCUT2D eigenvalue weighted by molar-refractivity contribution is 0.0601. The third-order valence-electron chi connectivity index (χ3n) is 4.90. The number of ether oxygens (including phenoxy) is 1. The summed E-state index contributed by atoms with van der Waals surface area (Å²) < 4.78 is 4.79. The number of esters is 1. The lowest BCUT2D eigenvalue weighted by Gasteiger charge is -2.28. The van der Waals surface area contributed by atoms with E-state index in [4.69, 9.17) is 4.74 Å². The maximum Gasteiger partial charge on any atom is 0.339 e. The Labute approximate surface area is 168 Å². The molecular formula is C22H20N4O3. The van der Waals surface area contributed by atoms with Crippen LogP contribution in [0.5, 0.6) is 0 Å². The molecule has 2 heterocycles. The van der Waals surface area contributed by atoms with Gasteiger partial charge >= 0.3 is 5.97 Å². The molecule has 146 valence electrons. The number of benzene rings is 2. The number of carbonyl (C=O) groups excluding carboxylic acids is 2. The van der Waals surface area contributed by atoms with Crippen LogP contribution in [0.4, 0.5) is 11.6 Å². The van der Waals surface area contributed by atoms with Crippen molar-refractivity contribution in [3.05, 3.63) is 83.2 Å². The predicted molar refractivity (Wildman–Crippen MR) is 108 cm³/mol. The molecule has 0 atom stereocenters. The monoisotopic (exact) mass is 388 g/mol. The molecule has 3 aromatic rings. The van der Waals surface area contributed by atoms with Gasteiger partial charge in [-0.2, -0.15) is 0 Å². The highest BCUT2D eigenvalue weighted by atomic mass is 16.5. The Morgan fingerprint density at radius 2 is 1.69 bits per heavy atom. The zero-order valence-corrected chi connectivity index (χ0v) is 16.0. The highest BCUT2D eigenvalue weighted by Gasteiger charge is 2.22. The van der Waals surface area contributed by atoms with Gasteiger partial charge in [-0.15, -0.1) is 0 Å². The molecule has 0 saturated carbocycles. The van der Waals surface area contributed by atoms with Crippen LogP contribution in [-0.4, -0.2) is 40.4 Å². The van der Waals surface area contributed by atoms with E-state index < -0.39 is 5.97 Å². The Kier molecular flexibility index (Phi) is 5.20. The van der Waals surface area contributed by atoms with Gasteiger partial charge in [-0.05, 0) is 29.7 Å². The number of para-hydroxylation sites is 1. The van der Waals surface area contributed by atoms with Crippen LogP contribution >= 0.6 is 0 Å². The van der Waals surface area contributed by atoms with Crippen LogP contribution in [0.2, 0.25) is 0 Å². The van der Waals surface area contributed by atoms with Gasteiger partial charge in [0.2, 0.25) is 5.95 Å². The second kappa shape index (κ2) is 8.10. The van der Waals surface area contributed by atoms with E-state index in [0.717, 1.165) is 6.42 Å². The standard InChI is InChI=1S/C22H20N4O3/c1-29-21(28)18-8-4-5-9-19(18)25-22-23-12-17(13-24-22)20(27)26-11-10-15-6-2-3-7-16(15)14-26/h2-9,12-13H,10-11,14H2,1H3,(H,23,24,25). The van der Waals surface area contributed by atoms with E-state index in [9.17, 15) is 9.59 Å². The number of carbonyl (C=O) groups is 2. The smallest absolute Gasteiger partial charge is 0.339 e. The molecule has 0 unspecified atom stereocenters. The fourth-order valence-corrected chi connectivity index (χ4v) is 3.36. The van der Waals surface area contributed by atoms with Crippen LogP contribution in [0.15, 0.2) is 60.9 Å². The predicted octanol–water partition coefficient (Wildman–Crippen LogP) is 3.21. The van der Waals surface area contributed by atoms with Gasteiger partial charge in [0.25, 0.3) is 5.91 Å². The second-order valence-corrected chi connectivity index (χ2v) is 6.70. The maximum atomic E-state index is 12.8. The van der Waals surface area contributed by atoms with Gasteiger partial charge in [-0.1, -0.05) is 36.4 Å². The molecule has 1 amide bonds. The van der Waals surface area contributed by atoms with E-state index in [1.807, 2.05) is 12.1 Å². The second-order valence-electron chi connectivity index (χ2n) is 6.70. The number of aromatic nitrogens is 2. The number of fused-ring (bicyclic) bond motifs is 1. The first kappa shape index (κ1) is 18.6. The summed E-state index contributed by atoms with van der Waals surface area (Å²) in [4.78, 5) is 35.0. The fraction of sp³-hybridized carbons (Fsp3) is 0.182. The molecule has 1 N–H and O–H groups in total. The van der Waals surface area contributed by atoms with Crippen molar-refractivity contribution in [1.29, 1.82) is 0 Å². The third-order valence-corrected chi connectivity index (χ3v) is 4.90. The molecule has 7 heteroatoms. The Bertz CT molecular complexity index is 1050. The maximum absolute atomic E-state index is 12.8. The van der Waals surface area contributed by atoms with Crippen LogP contribution in [0, 0.1) is 0 Å². The summed E-state index contributed by atoms with van der Waals surface area (Å²) in [5, 5.41) is 3.00. The van der Waals surface area contributed by atoms with Gasteiger partial charge in [0, 0.05) is 25.5 Å². The highest BCUT2D eigenvalue weighted by molar-refractivity contribution is 5.96. The van der Waals surface area contributed by atoms with Crippen molar-refractivity contribution in [3.8, 4) is 0 Å². The van der Waals surface area contributed by atoms with Crippen molar-refractivity contribution in [2.45, 2.75) is 13.0 Å². The van der Waals surface area contributed by atoms with Crippen LogP contribution in [0.1, 0.15) is 31.8 Å². The lowest BCUT2D eigenvalue weighted by atomic mass is 9.99. The molecule has 4 rings (SSSR count). The number of nitrogens with zero attached hydrogens (tertiary/aromatic N) is 3. The molecule has 2 aromatic carbocycles. The summed E-state index contributed by atoms with van der Waals surface area (Å²) in [5.41, 5.74) is 3.80. The number of hydrogen-bond acceptors (Lipinski definition) is 6. The van der Waals surface area contributed by atoms with Crippen molar-refractivity contribution in [2.24, 2.45) is 0 Å². The number of amides is 1. The van der Waals surface area contributed by atoms with Crippen LogP contribution < -0.4 is 5.32 Å². The van der Waals surface area contributed by atoms with E-state index in [0.29, 0.717) is 35.9 Å². The number of hydrogen-bond donors (Lipinski definition) is 1. The van der Waals surface area contributed by atoms with E-state index in [1.54, 1.807) is 29.2 Å². The summed E-state index contributed by atoms with van der Waals surface area (Å²) >= 11 is 0. The van der Waals surface area contributed by atoms with E-state index in [-0.39, 0.29) is 5.91 Å². The molecular weight excluding hydrogens is 368 g/mol. The average Bonchev–Trinajstić information content (AvgIpc) is 2.78. The first-order chi connectivity index (χ1) is 14.2. The first-order valence-electron chi connectivity index (χ1n) is 9.28. The molecule has 0 bridgehead atoms. The molecule has 1 aromatic heterocycles. The zero-order chi connectivity index (χ0) is 20.2. The highest BCUT2D eigenvalue weighted by Crippen LogP contribution is 2.21. The van der Waals surface area contributed by atoms with Crippen LogP contribution in [0.3, 0.4) is 0 Å². The molecule has 0 saturated heterocycles. The Hall–Kier alpha value is -3.74. The van der Waals surface area contributed by atoms with Crippen molar-refractivity contribution in [1.82, 2.24) is 14.9 Å². The van der Waals surface area contributed by atoms with Crippen LogP contribution in [0.25, 0.3) is 0 Å². The van der Waals surface area contributed by atoms with Gasteiger partial charge in [0.15, 0.2) is 0 Å². The van der Waals surface area contributed by atoms with Crippen molar-refractivity contribution in [3.63, 3.8) is 0 Å². The summed E-state index contributed by atoms with van der Waals surface area (Å²) in [6.45, 7) is 1.25. The zero-order valence-electron chi connectivity index (χ0n) is 16.0. The van der Waals surface area contributed by atoms with E-state index >= 15 is 0 Å². The minimum Gasteiger partial charge on any atom is -0.465 e. The first-order valence-corrected chi connectivity index (χ1v) is 9.28. The molecule has 0 radical (unpaired) electrons. The van der Waals surface area contributed by atoms with E-state index in [1.165, 1.54) is 30.6 Å². The Morgan fingerprint density at radius 1 is 1.00 bits per heavy atom. The van der Waals surface area contributed by atoms with Gasteiger partial charge in [-0.25, -0.2) is 14.8 Å². The quantitative estimate of drug-likeness (QED) is 0.691. The molecule has 1 aliphatic rings. The van der Waals surface area contributed by atoms with E-state index in [2.05, 4.69) is 27.4 Å². The van der Waals surface area contributed by atoms with Crippen molar-refractivity contribution < 1.29 is 14.3 Å². The van der Waals surface area contributed by atoms with Gasteiger partial charge in [0.1, 0.15) is 0 Å². The minimum absolute atomic E-state index is 0.0963. The number of anilines is 2. The van der Waals surface area contributed by atoms with Gasteiger partial charge in [-0.3, -0.25) is 4.79 Å². The topological polar surface area (TPSA) is 84.4 Å². The SMILES string of the molecule is COC(=O)c1ccccc1Nc1ncc(C(=O)N2CCc3ccccc3C2)cn1. The van der Waals surface area contributed by atoms with Crippen LogP contribution in [-0.2, 0) is 17.7 Å². The molecule has 0 fully saturated rings. The largest absolute Gasteiger partial charge is 0.465 e. The van der Waals surface area contributed by atoms with Crippen molar-refractivity contribution >= 4 is 23.5 Å². The summed E-state index contributed by atoms with van der Waals surface area (Å²) in [6, 6.07) is 15.1. The Balaban J connectivity index is 1.48. The molecule has 0 spiro atoms. The average molecular weight is 388 g/mol. The summed E-state index contributed by atoms with van der Waals surface area (Å²) in [7, 11) is 1.33. The Morgan fingerprint density at radius 3 is 2.45 bits per heavy atom. The lowest BCUT2D eigenvalue weighted by Crippen LogP contribution is -2.36. The minimum atomic E-state index is -0.453. The molecule has 7 nitrogen and oxygen atoms in total.